The Morgan fingerprint density at radius 1 is 1.26 bits per heavy atom. The monoisotopic (exact) mass is 270 g/mol. The Morgan fingerprint density at radius 2 is 1.89 bits per heavy atom. The number of aliphatic carboxylic acids is 1. The zero-order chi connectivity index (χ0) is 14.0. The molecule has 2 rings (SSSR count). The zero-order valence-electron chi connectivity index (χ0n) is 11.5. The van der Waals surface area contributed by atoms with Gasteiger partial charge in [-0.05, 0) is 33.2 Å². The molecule has 3 atom stereocenters. The summed E-state index contributed by atoms with van der Waals surface area (Å²) in [6.45, 7) is 5.98. The fourth-order valence-electron chi connectivity index (χ4n) is 2.95. The second-order valence-corrected chi connectivity index (χ2v) is 5.52. The molecule has 0 aromatic heterocycles. The van der Waals surface area contributed by atoms with E-state index in [4.69, 9.17) is 9.84 Å². The Hall–Kier alpha value is -1.14. The van der Waals surface area contributed by atoms with E-state index in [0.29, 0.717) is 26.1 Å². The van der Waals surface area contributed by atoms with E-state index in [2.05, 4.69) is 0 Å². The number of hydrogen-bond acceptors (Lipinski definition) is 4. The number of amides is 1. The molecule has 2 aliphatic heterocycles. The third kappa shape index (κ3) is 3.45. The zero-order valence-corrected chi connectivity index (χ0v) is 11.5. The minimum absolute atomic E-state index is 0.00940. The third-order valence-corrected chi connectivity index (χ3v) is 3.76. The quantitative estimate of drug-likeness (QED) is 0.791. The average Bonchev–Trinajstić information content (AvgIpc) is 2.75. The lowest BCUT2D eigenvalue weighted by Gasteiger charge is -2.36. The SMILES string of the molecule is CC1CN(C(=O)CN2CCC[C@H]2C(=O)O)CC(C)O1. The van der Waals surface area contributed by atoms with Crippen molar-refractivity contribution >= 4 is 11.9 Å². The number of carbonyl (C=O) groups excluding carboxylic acids is 1. The first kappa shape index (κ1) is 14.3. The van der Waals surface area contributed by atoms with Crippen LogP contribution in [0.2, 0.25) is 0 Å². The Labute approximate surface area is 113 Å². The summed E-state index contributed by atoms with van der Waals surface area (Å²) in [5.41, 5.74) is 0. The van der Waals surface area contributed by atoms with Gasteiger partial charge in [-0.1, -0.05) is 0 Å². The van der Waals surface area contributed by atoms with E-state index in [1.807, 2.05) is 13.8 Å². The number of ether oxygens (including phenoxy) is 1. The first-order chi connectivity index (χ1) is 8.97. The molecule has 0 aliphatic carbocycles. The van der Waals surface area contributed by atoms with Crippen LogP contribution in [0.4, 0.5) is 0 Å². The maximum absolute atomic E-state index is 12.2. The van der Waals surface area contributed by atoms with Gasteiger partial charge in [0.1, 0.15) is 6.04 Å². The van der Waals surface area contributed by atoms with Crippen LogP contribution in [-0.4, -0.2) is 71.2 Å². The highest BCUT2D eigenvalue weighted by Crippen LogP contribution is 2.18. The van der Waals surface area contributed by atoms with Crippen molar-refractivity contribution in [2.45, 2.75) is 44.9 Å². The highest BCUT2D eigenvalue weighted by molar-refractivity contribution is 5.80. The molecule has 2 heterocycles. The van der Waals surface area contributed by atoms with Gasteiger partial charge in [-0.3, -0.25) is 14.5 Å². The maximum atomic E-state index is 12.2. The largest absolute Gasteiger partial charge is 0.480 e. The smallest absolute Gasteiger partial charge is 0.320 e. The van der Waals surface area contributed by atoms with Gasteiger partial charge in [-0.15, -0.1) is 0 Å². The van der Waals surface area contributed by atoms with Gasteiger partial charge in [-0.25, -0.2) is 0 Å². The van der Waals surface area contributed by atoms with Crippen LogP contribution in [0, 0.1) is 0 Å². The van der Waals surface area contributed by atoms with Crippen LogP contribution < -0.4 is 0 Å². The summed E-state index contributed by atoms with van der Waals surface area (Å²) in [5.74, 6) is -0.816. The van der Waals surface area contributed by atoms with E-state index in [0.717, 1.165) is 6.42 Å². The summed E-state index contributed by atoms with van der Waals surface area (Å²) in [6.07, 6.45) is 1.57. The predicted octanol–water partition coefficient (Wildman–Crippen LogP) is 0.171. The van der Waals surface area contributed by atoms with Gasteiger partial charge in [-0.2, -0.15) is 0 Å². The number of rotatable bonds is 3. The van der Waals surface area contributed by atoms with Crippen LogP contribution >= 0.6 is 0 Å². The molecule has 0 saturated carbocycles. The van der Waals surface area contributed by atoms with Crippen molar-refractivity contribution in [3.05, 3.63) is 0 Å². The highest BCUT2D eigenvalue weighted by atomic mass is 16.5. The van der Waals surface area contributed by atoms with Crippen molar-refractivity contribution in [3.8, 4) is 0 Å². The normalized spacial score (nSPS) is 32.5. The Bertz CT molecular complexity index is 351. The van der Waals surface area contributed by atoms with Gasteiger partial charge >= 0.3 is 5.97 Å². The molecule has 0 aromatic rings. The van der Waals surface area contributed by atoms with Crippen molar-refractivity contribution in [2.24, 2.45) is 0 Å². The van der Waals surface area contributed by atoms with Gasteiger partial charge in [0.05, 0.1) is 18.8 Å². The molecule has 1 N–H and O–H groups in total. The topological polar surface area (TPSA) is 70.1 Å². The summed E-state index contributed by atoms with van der Waals surface area (Å²) < 4.78 is 5.59. The molecule has 6 nitrogen and oxygen atoms in total. The lowest BCUT2D eigenvalue weighted by Crippen LogP contribution is -2.52. The Morgan fingerprint density at radius 3 is 2.47 bits per heavy atom. The molecule has 0 aromatic carbocycles. The van der Waals surface area contributed by atoms with Gasteiger partial charge in [0.2, 0.25) is 5.91 Å². The van der Waals surface area contributed by atoms with Crippen molar-refractivity contribution in [3.63, 3.8) is 0 Å². The molecule has 2 fully saturated rings. The number of carbonyl (C=O) groups is 2. The second-order valence-electron chi connectivity index (χ2n) is 5.52. The maximum Gasteiger partial charge on any atom is 0.320 e. The van der Waals surface area contributed by atoms with Crippen molar-refractivity contribution in [1.82, 2.24) is 9.80 Å². The molecule has 0 radical (unpaired) electrons. The molecule has 108 valence electrons. The first-order valence-electron chi connectivity index (χ1n) is 6.87. The predicted molar refractivity (Wildman–Crippen MR) is 68.8 cm³/mol. The van der Waals surface area contributed by atoms with E-state index in [1.165, 1.54) is 0 Å². The Balaban J connectivity index is 1.91. The van der Waals surface area contributed by atoms with Crippen molar-refractivity contribution < 1.29 is 19.4 Å². The van der Waals surface area contributed by atoms with E-state index < -0.39 is 12.0 Å². The standard InChI is InChI=1S/C13H22N2O4/c1-9-6-15(7-10(2)19-9)12(16)8-14-5-3-4-11(14)13(17)18/h9-11H,3-8H2,1-2H3,(H,17,18)/t9?,10?,11-/m0/s1. The number of carboxylic acids is 1. The summed E-state index contributed by atoms with van der Waals surface area (Å²) in [5, 5.41) is 9.10. The van der Waals surface area contributed by atoms with Crippen molar-refractivity contribution in [2.75, 3.05) is 26.2 Å². The van der Waals surface area contributed by atoms with Crippen LogP contribution in [0.1, 0.15) is 26.7 Å². The van der Waals surface area contributed by atoms with Gasteiger partial charge < -0.3 is 14.7 Å². The lowest BCUT2D eigenvalue weighted by atomic mass is 10.2. The molecule has 0 spiro atoms. The molecule has 2 aliphatic rings. The van der Waals surface area contributed by atoms with Crippen LogP contribution in [0.5, 0.6) is 0 Å². The van der Waals surface area contributed by atoms with E-state index in [1.54, 1.807) is 9.80 Å². The molecule has 2 saturated heterocycles. The van der Waals surface area contributed by atoms with Gasteiger partial charge in [0.15, 0.2) is 0 Å². The number of carboxylic acid groups (broad SMARTS) is 1. The summed E-state index contributed by atoms with van der Waals surface area (Å²) in [6, 6.07) is -0.500. The molecule has 0 bridgehead atoms. The second kappa shape index (κ2) is 5.88. The number of morpholine rings is 1. The number of hydrogen-bond donors (Lipinski definition) is 1. The lowest BCUT2D eigenvalue weighted by molar-refractivity contribution is -0.147. The fraction of sp³-hybridized carbons (Fsp3) is 0.846. The minimum atomic E-state index is -0.825. The number of likely N-dealkylation sites (tertiary alicyclic amines) is 1. The van der Waals surface area contributed by atoms with E-state index in [9.17, 15) is 9.59 Å². The Kier molecular flexibility index (Phi) is 4.42. The summed E-state index contributed by atoms with van der Waals surface area (Å²) in [4.78, 5) is 26.9. The molecular weight excluding hydrogens is 248 g/mol. The van der Waals surface area contributed by atoms with Crippen LogP contribution in [0.15, 0.2) is 0 Å². The fourth-order valence-corrected chi connectivity index (χ4v) is 2.95. The van der Waals surface area contributed by atoms with Gasteiger partial charge in [0.25, 0.3) is 0 Å². The third-order valence-electron chi connectivity index (χ3n) is 3.76. The van der Waals surface area contributed by atoms with E-state index in [-0.39, 0.29) is 24.7 Å². The van der Waals surface area contributed by atoms with Crippen LogP contribution in [0.25, 0.3) is 0 Å². The van der Waals surface area contributed by atoms with Crippen molar-refractivity contribution in [1.29, 1.82) is 0 Å². The molecule has 1 amide bonds. The number of nitrogens with zero attached hydrogens (tertiary/aromatic N) is 2. The summed E-state index contributed by atoms with van der Waals surface area (Å²) in [7, 11) is 0. The molecular formula is C13H22N2O4. The van der Waals surface area contributed by atoms with E-state index >= 15 is 0 Å². The van der Waals surface area contributed by atoms with Crippen LogP contribution in [0.3, 0.4) is 0 Å². The molecule has 2 unspecified atom stereocenters. The van der Waals surface area contributed by atoms with Crippen LogP contribution in [-0.2, 0) is 14.3 Å². The average molecular weight is 270 g/mol. The molecule has 19 heavy (non-hydrogen) atoms. The molecule has 6 heteroatoms. The minimum Gasteiger partial charge on any atom is -0.480 e. The van der Waals surface area contributed by atoms with Gasteiger partial charge in [0, 0.05) is 13.1 Å². The summed E-state index contributed by atoms with van der Waals surface area (Å²) >= 11 is 0. The highest BCUT2D eigenvalue weighted by Gasteiger charge is 2.34. The first-order valence-corrected chi connectivity index (χ1v) is 6.87.